The molecule has 1 aromatic heterocycles. The second kappa shape index (κ2) is 4.24. The third-order valence-electron chi connectivity index (χ3n) is 3.40. The minimum Gasteiger partial charge on any atom is -0.330 e. The first-order chi connectivity index (χ1) is 7.24. The van der Waals surface area contributed by atoms with E-state index < -0.39 is 0 Å². The number of aromatic amines is 1. The van der Waals surface area contributed by atoms with Gasteiger partial charge in [-0.2, -0.15) is 5.21 Å². The monoisotopic (exact) mass is 210 g/mol. The molecule has 0 spiro atoms. The van der Waals surface area contributed by atoms with E-state index in [1.54, 1.807) is 0 Å². The Hall–Kier alpha value is -1.01. The van der Waals surface area contributed by atoms with Crippen LogP contribution in [0.15, 0.2) is 0 Å². The first kappa shape index (κ1) is 10.5. The zero-order valence-electron chi connectivity index (χ0n) is 9.11. The molecular weight excluding hydrogens is 192 g/mol. The Morgan fingerprint density at radius 3 is 2.73 bits per heavy atom. The summed E-state index contributed by atoms with van der Waals surface area (Å²) in [6.07, 6.45) is 3.08. The summed E-state index contributed by atoms with van der Waals surface area (Å²) in [6.45, 7) is 2.92. The molecule has 2 rings (SSSR count). The van der Waals surface area contributed by atoms with Crippen molar-refractivity contribution in [1.82, 2.24) is 25.5 Å². The largest absolute Gasteiger partial charge is 0.330 e. The molecule has 0 aliphatic carbocycles. The quantitative estimate of drug-likeness (QED) is 0.697. The van der Waals surface area contributed by atoms with Gasteiger partial charge in [0.2, 0.25) is 0 Å². The summed E-state index contributed by atoms with van der Waals surface area (Å²) >= 11 is 0. The number of rotatable bonds is 3. The van der Waals surface area contributed by atoms with Gasteiger partial charge in [0.05, 0.1) is 0 Å². The molecule has 0 saturated carbocycles. The van der Waals surface area contributed by atoms with Crippen molar-refractivity contribution in [3.05, 3.63) is 5.82 Å². The maximum absolute atomic E-state index is 5.90. The molecule has 1 saturated heterocycles. The maximum Gasteiger partial charge on any atom is 0.175 e. The van der Waals surface area contributed by atoms with Crippen LogP contribution in [-0.4, -0.2) is 52.2 Å². The van der Waals surface area contributed by atoms with Gasteiger partial charge in [0, 0.05) is 6.42 Å². The van der Waals surface area contributed by atoms with Crippen molar-refractivity contribution in [3.8, 4) is 0 Å². The number of aromatic nitrogens is 4. The molecular formula is C9H18N6. The molecule has 0 bridgehead atoms. The van der Waals surface area contributed by atoms with E-state index in [4.69, 9.17) is 5.73 Å². The number of nitrogens with one attached hydrogen (secondary N) is 1. The number of H-pyrrole nitrogens is 1. The van der Waals surface area contributed by atoms with Crippen LogP contribution in [0.2, 0.25) is 0 Å². The van der Waals surface area contributed by atoms with Crippen molar-refractivity contribution in [3.63, 3.8) is 0 Å². The fraction of sp³-hybridized carbons (Fsp3) is 0.889. The molecule has 0 unspecified atom stereocenters. The molecule has 2 heterocycles. The van der Waals surface area contributed by atoms with Gasteiger partial charge in [-0.05, 0) is 44.9 Å². The van der Waals surface area contributed by atoms with E-state index >= 15 is 0 Å². The zero-order chi connectivity index (χ0) is 10.7. The van der Waals surface area contributed by atoms with Crippen LogP contribution in [0.1, 0.15) is 18.7 Å². The zero-order valence-corrected chi connectivity index (χ0v) is 9.11. The normalized spacial score (nSPS) is 21.7. The predicted octanol–water partition coefficient (Wildman–Crippen LogP) is -0.587. The van der Waals surface area contributed by atoms with Crippen molar-refractivity contribution in [2.45, 2.75) is 19.3 Å². The number of tetrazole rings is 1. The van der Waals surface area contributed by atoms with Crippen LogP contribution in [0.3, 0.4) is 0 Å². The molecule has 1 aliphatic heterocycles. The molecule has 0 aromatic carbocycles. The summed E-state index contributed by atoms with van der Waals surface area (Å²) in [6, 6.07) is 0. The van der Waals surface area contributed by atoms with Gasteiger partial charge < -0.3 is 10.6 Å². The fourth-order valence-corrected chi connectivity index (χ4v) is 2.14. The van der Waals surface area contributed by atoms with Crippen molar-refractivity contribution in [2.75, 3.05) is 26.7 Å². The van der Waals surface area contributed by atoms with Gasteiger partial charge in [0.15, 0.2) is 5.82 Å². The Morgan fingerprint density at radius 2 is 2.20 bits per heavy atom. The van der Waals surface area contributed by atoms with E-state index in [1.807, 2.05) is 0 Å². The summed E-state index contributed by atoms with van der Waals surface area (Å²) in [7, 11) is 2.15. The summed E-state index contributed by atoms with van der Waals surface area (Å²) in [5.74, 6) is 0.782. The number of piperidine rings is 1. The van der Waals surface area contributed by atoms with Gasteiger partial charge >= 0.3 is 0 Å². The van der Waals surface area contributed by atoms with Crippen LogP contribution in [0.25, 0.3) is 0 Å². The third kappa shape index (κ3) is 2.32. The molecule has 1 fully saturated rings. The molecule has 15 heavy (non-hydrogen) atoms. The van der Waals surface area contributed by atoms with E-state index in [1.165, 1.54) is 0 Å². The van der Waals surface area contributed by atoms with E-state index in [0.29, 0.717) is 6.54 Å². The highest BCUT2D eigenvalue weighted by molar-refractivity contribution is 4.94. The van der Waals surface area contributed by atoms with Gasteiger partial charge in [-0.1, -0.05) is 5.21 Å². The summed E-state index contributed by atoms with van der Waals surface area (Å²) in [4.78, 5) is 2.34. The smallest absolute Gasteiger partial charge is 0.175 e. The van der Waals surface area contributed by atoms with E-state index in [2.05, 4.69) is 32.6 Å². The summed E-state index contributed by atoms with van der Waals surface area (Å²) in [5, 5.41) is 14.1. The maximum atomic E-state index is 5.90. The van der Waals surface area contributed by atoms with E-state index in [9.17, 15) is 0 Å². The standard InChI is InChI=1S/C9H18N6/c1-15-4-2-9(7-10,3-5-15)6-8-11-13-14-12-8/h2-7,10H2,1H3,(H,11,12,13,14). The molecule has 1 aromatic rings. The van der Waals surface area contributed by atoms with Gasteiger partial charge in [0.1, 0.15) is 0 Å². The number of nitrogens with two attached hydrogens (primary N) is 1. The lowest BCUT2D eigenvalue weighted by Crippen LogP contribution is -2.43. The SMILES string of the molecule is CN1CCC(CN)(Cc2nn[nH]n2)CC1. The molecule has 84 valence electrons. The Labute approximate surface area is 89.2 Å². The van der Waals surface area contributed by atoms with Crippen molar-refractivity contribution in [1.29, 1.82) is 0 Å². The lowest BCUT2D eigenvalue weighted by Gasteiger charge is -2.39. The molecule has 0 atom stereocenters. The Balaban J connectivity index is 2.02. The average molecular weight is 210 g/mol. The average Bonchev–Trinajstić information content (AvgIpc) is 2.75. The van der Waals surface area contributed by atoms with Crippen molar-refractivity contribution in [2.24, 2.45) is 11.1 Å². The number of nitrogens with zero attached hydrogens (tertiary/aromatic N) is 4. The fourth-order valence-electron chi connectivity index (χ4n) is 2.14. The number of likely N-dealkylation sites (tertiary alicyclic amines) is 1. The van der Waals surface area contributed by atoms with Gasteiger partial charge in [-0.3, -0.25) is 0 Å². The van der Waals surface area contributed by atoms with Crippen LogP contribution in [0.4, 0.5) is 0 Å². The number of hydrogen-bond acceptors (Lipinski definition) is 5. The Bertz CT molecular complexity index is 288. The van der Waals surface area contributed by atoms with Crippen LogP contribution < -0.4 is 5.73 Å². The molecule has 0 radical (unpaired) electrons. The third-order valence-corrected chi connectivity index (χ3v) is 3.40. The summed E-state index contributed by atoms with van der Waals surface area (Å²) in [5.41, 5.74) is 6.07. The first-order valence-corrected chi connectivity index (χ1v) is 5.35. The Morgan fingerprint density at radius 1 is 1.47 bits per heavy atom. The van der Waals surface area contributed by atoms with Gasteiger partial charge in [0.25, 0.3) is 0 Å². The minimum atomic E-state index is 0.177. The lowest BCUT2D eigenvalue weighted by molar-refractivity contribution is 0.127. The van der Waals surface area contributed by atoms with Gasteiger partial charge in [-0.25, -0.2) is 0 Å². The molecule has 0 amide bonds. The second-order valence-electron chi connectivity index (χ2n) is 4.51. The highest BCUT2D eigenvalue weighted by atomic mass is 15.5. The molecule has 3 N–H and O–H groups in total. The number of hydrogen-bond donors (Lipinski definition) is 2. The van der Waals surface area contributed by atoms with Crippen LogP contribution in [0, 0.1) is 5.41 Å². The predicted molar refractivity (Wildman–Crippen MR) is 56.1 cm³/mol. The van der Waals surface area contributed by atoms with Gasteiger partial charge in [-0.15, -0.1) is 10.2 Å². The minimum absolute atomic E-state index is 0.177. The van der Waals surface area contributed by atoms with E-state index in [0.717, 1.165) is 38.2 Å². The molecule has 6 nitrogen and oxygen atoms in total. The van der Waals surface area contributed by atoms with Crippen LogP contribution in [0.5, 0.6) is 0 Å². The topological polar surface area (TPSA) is 83.7 Å². The summed E-state index contributed by atoms with van der Waals surface area (Å²) < 4.78 is 0. The van der Waals surface area contributed by atoms with Crippen molar-refractivity contribution < 1.29 is 0 Å². The highest BCUT2D eigenvalue weighted by Crippen LogP contribution is 2.32. The second-order valence-corrected chi connectivity index (χ2v) is 4.51. The first-order valence-electron chi connectivity index (χ1n) is 5.35. The highest BCUT2D eigenvalue weighted by Gasteiger charge is 2.33. The van der Waals surface area contributed by atoms with Crippen molar-refractivity contribution >= 4 is 0 Å². The Kier molecular flexibility index (Phi) is 2.97. The van der Waals surface area contributed by atoms with Crippen LogP contribution in [-0.2, 0) is 6.42 Å². The van der Waals surface area contributed by atoms with E-state index in [-0.39, 0.29) is 5.41 Å². The molecule has 6 heteroatoms. The van der Waals surface area contributed by atoms with Crippen LogP contribution >= 0.6 is 0 Å². The lowest BCUT2D eigenvalue weighted by atomic mass is 9.75. The molecule has 1 aliphatic rings.